The van der Waals surface area contributed by atoms with E-state index in [2.05, 4.69) is 19.9 Å². The highest BCUT2D eigenvalue weighted by Gasteiger charge is 2.51. The molecule has 9 heteroatoms. The lowest BCUT2D eigenvalue weighted by molar-refractivity contribution is 0.00386. The maximum Gasteiger partial charge on any atom is 0.409 e. The number of carbonyl (C=O) groups is 1. The van der Waals surface area contributed by atoms with Crippen molar-refractivity contribution in [3.8, 4) is 11.1 Å². The van der Waals surface area contributed by atoms with Gasteiger partial charge in [0.05, 0.1) is 19.0 Å². The van der Waals surface area contributed by atoms with Crippen LogP contribution in [0, 0.1) is 11.2 Å². The van der Waals surface area contributed by atoms with Crippen molar-refractivity contribution < 1.29 is 13.9 Å². The number of anilines is 1. The van der Waals surface area contributed by atoms with Gasteiger partial charge in [0.25, 0.3) is 0 Å². The highest BCUT2D eigenvalue weighted by Crippen LogP contribution is 2.50. The number of aryl methyl sites for hydroxylation is 1. The van der Waals surface area contributed by atoms with E-state index in [0.717, 1.165) is 75.5 Å². The van der Waals surface area contributed by atoms with Crippen molar-refractivity contribution in [1.29, 1.82) is 0 Å². The van der Waals surface area contributed by atoms with Crippen molar-refractivity contribution in [1.82, 2.24) is 24.6 Å². The smallest absolute Gasteiger partial charge is 0.409 e. The summed E-state index contributed by atoms with van der Waals surface area (Å²) >= 11 is 0. The summed E-state index contributed by atoms with van der Waals surface area (Å²) in [4.78, 5) is 23.2. The molecule has 0 atom stereocenters. The molecular formula is C23H31FN6O2. The number of pyridine rings is 1. The van der Waals surface area contributed by atoms with Crippen LogP contribution in [-0.4, -0.2) is 82.6 Å². The predicted octanol–water partition coefficient (Wildman–Crippen LogP) is 2.75. The van der Waals surface area contributed by atoms with Crippen molar-refractivity contribution >= 4 is 11.9 Å². The molecule has 0 N–H and O–H groups in total. The number of ether oxygens (including phenoxy) is 1. The maximum absolute atomic E-state index is 13.9. The molecule has 5 rings (SSSR count). The van der Waals surface area contributed by atoms with E-state index in [1.807, 2.05) is 25.1 Å². The number of amides is 1. The van der Waals surface area contributed by atoms with Gasteiger partial charge < -0.3 is 14.5 Å². The Kier molecular flexibility index (Phi) is 5.53. The molecule has 8 nitrogen and oxygen atoms in total. The van der Waals surface area contributed by atoms with Gasteiger partial charge in [-0.15, -0.1) is 0 Å². The molecule has 4 heterocycles. The molecule has 0 radical (unpaired) electrons. The van der Waals surface area contributed by atoms with Gasteiger partial charge >= 0.3 is 6.09 Å². The van der Waals surface area contributed by atoms with E-state index < -0.39 is 0 Å². The average Bonchev–Trinajstić information content (AvgIpc) is 3.40. The van der Waals surface area contributed by atoms with E-state index in [1.54, 1.807) is 16.9 Å². The van der Waals surface area contributed by atoms with Gasteiger partial charge in [0.2, 0.25) is 0 Å². The Balaban J connectivity index is 1.18. The van der Waals surface area contributed by atoms with Crippen LogP contribution < -0.4 is 4.90 Å². The van der Waals surface area contributed by atoms with E-state index >= 15 is 0 Å². The predicted molar refractivity (Wildman–Crippen MR) is 119 cm³/mol. The summed E-state index contributed by atoms with van der Waals surface area (Å²) in [5.41, 5.74) is 1.95. The molecular weight excluding hydrogens is 411 g/mol. The van der Waals surface area contributed by atoms with Crippen LogP contribution in [-0.2, 0) is 11.8 Å². The Morgan fingerprint density at radius 2 is 2.00 bits per heavy atom. The second kappa shape index (κ2) is 8.35. The second-order valence-electron chi connectivity index (χ2n) is 9.38. The van der Waals surface area contributed by atoms with Crippen LogP contribution in [0.5, 0.6) is 0 Å². The first-order valence-electron chi connectivity index (χ1n) is 11.5. The number of halogens is 1. The zero-order chi connectivity index (χ0) is 22.3. The van der Waals surface area contributed by atoms with Crippen molar-refractivity contribution in [2.45, 2.75) is 32.2 Å². The molecule has 32 heavy (non-hydrogen) atoms. The molecule has 0 bridgehead atoms. The molecule has 3 fully saturated rings. The van der Waals surface area contributed by atoms with Crippen LogP contribution >= 0.6 is 0 Å². The van der Waals surface area contributed by atoms with E-state index in [9.17, 15) is 9.18 Å². The first-order chi connectivity index (χ1) is 15.5. The molecule has 0 unspecified atom stereocenters. The molecule has 0 aromatic carbocycles. The largest absolute Gasteiger partial charge is 0.450 e. The van der Waals surface area contributed by atoms with Crippen LogP contribution in [0.3, 0.4) is 0 Å². The summed E-state index contributed by atoms with van der Waals surface area (Å²) in [6.45, 7) is 7.59. The number of aromatic nitrogens is 3. The minimum Gasteiger partial charge on any atom is -0.450 e. The van der Waals surface area contributed by atoms with E-state index in [1.165, 1.54) is 6.20 Å². The summed E-state index contributed by atoms with van der Waals surface area (Å²) in [5, 5.41) is 4.23. The summed E-state index contributed by atoms with van der Waals surface area (Å²) < 4.78 is 20.8. The zero-order valence-electron chi connectivity index (χ0n) is 18.8. The molecule has 2 aromatic rings. The fourth-order valence-electron chi connectivity index (χ4n) is 5.59. The second-order valence-corrected chi connectivity index (χ2v) is 9.38. The van der Waals surface area contributed by atoms with E-state index in [-0.39, 0.29) is 17.3 Å². The molecule has 172 valence electrons. The number of rotatable bonds is 4. The van der Waals surface area contributed by atoms with Crippen LogP contribution in [0.4, 0.5) is 15.0 Å². The Labute approximate surface area is 187 Å². The van der Waals surface area contributed by atoms with E-state index in [4.69, 9.17) is 4.74 Å². The molecule has 2 saturated heterocycles. The van der Waals surface area contributed by atoms with Crippen molar-refractivity contribution in [2.75, 3.05) is 50.8 Å². The lowest BCUT2D eigenvalue weighted by atomic mass is 9.64. The Morgan fingerprint density at radius 3 is 2.69 bits per heavy atom. The SMILES string of the molecule is CCOC(=O)N1CC[C@]2(C1)C[C@H](N1CCN(c3ncc(F)cc3-c3cnn(C)c3)CC1)C2. The lowest BCUT2D eigenvalue weighted by Crippen LogP contribution is -2.58. The monoisotopic (exact) mass is 442 g/mol. The molecule has 1 spiro atoms. The van der Waals surface area contributed by atoms with Gasteiger partial charge in [-0.25, -0.2) is 14.2 Å². The average molecular weight is 443 g/mol. The highest BCUT2D eigenvalue weighted by atomic mass is 19.1. The molecule has 2 aromatic heterocycles. The van der Waals surface area contributed by atoms with Gasteiger partial charge in [0.15, 0.2) is 0 Å². The van der Waals surface area contributed by atoms with Crippen LogP contribution in [0.25, 0.3) is 11.1 Å². The number of likely N-dealkylation sites (tertiary alicyclic amines) is 1. The van der Waals surface area contributed by atoms with Crippen LogP contribution in [0.15, 0.2) is 24.7 Å². The third kappa shape index (κ3) is 3.94. The first-order valence-corrected chi connectivity index (χ1v) is 11.5. The van der Waals surface area contributed by atoms with Gasteiger partial charge in [-0.05, 0) is 37.7 Å². The minimum atomic E-state index is -0.334. The summed E-state index contributed by atoms with van der Waals surface area (Å²) in [7, 11) is 1.86. The van der Waals surface area contributed by atoms with Gasteiger partial charge in [0, 0.05) is 69.7 Å². The van der Waals surface area contributed by atoms with Gasteiger partial charge in [-0.3, -0.25) is 9.58 Å². The third-order valence-corrected chi connectivity index (χ3v) is 7.28. The third-order valence-electron chi connectivity index (χ3n) is 7.28. The highest BCUT2D eigenvalue weighted by molar-refractivity contribution is 5.75. The Morgan fingerprint density at radius 1 is 1.22 bits per heavy atom. The Hall–Kier alpha value is -2.68. The molecule has 3 aliphatic rings. The fraction of sp³-hybridized carbons (Fsp3) is 0.609. The zero-order valence-corrected chi connectivity index (χ0v) is 18.8. The number of hydrogen-bond acceptors (Lipinski definition) is 6. The topological polar surface area (TPSA) is 66.7 Å². The molecule has 1 amide bonds. The van der Waals surface area contributed by atoms with Crippen LogP contribution in [0.2, 0.25) is 0 Å². The van der Waals surface area contributed by atoms with Crippen molar-refractivity contribution in [3.05, 3.63) is 30.5 Å². The van der Waals surface area contributed by atoms with Gasteiger partial charge in [-0.1, -0.05) is 0 Å². The number of nitrogens with zero attached hydrogens (tertiary/aromatic N) is 6. The van der Waals surface area contributed by atoms with Gasteiger partial charge in [0.1, 0.15) is 11.6 Å². The molecule has 1 saturated carbocycles. The first kappa shape index (κ1) is 21.2. The maximum atomic E-state index is 13.9. The summed E-state index contributed by atoms with van der Waals surface area (Å²) in [5.74, 6) is 0.490. The summed E-state index contributed by atoms with van der Waals surface area (Å²) in [6.07, 6.45) is 8.16. The quantitative estimate of drug-likeness (QED) is 0.726. The summed E-state index contributed by atoms with van der Waals surface area (Å²) in [6, 6.07) is 2.13. The standard InChI is InChI=1S/C23H31FN6O2/c1-3-32-22(31)30-5-4-23(16-30)11-19(12-23)28-6-8-29(9-7-28)21-20(10-18(24)14-25-21)17-13-26-27(2)15-17/h10,13-15,19H,3-9,11-12,16H2,1-2H3/t19-,23-. The van der Waals surface area contributed by atoms with Crippen molar-refractivity contribution in [3.63, 3.8) is 0 Å². The minimum absolute atomic E-state index is 0.169. The lowest BCUT2D eigenvalue weighted by Gasteiger charge is -2.52. The van der Waals surface area contributed by atoms with Crippen LogP contribution in [0.1, 0.15) is 26.2 Å². The Bertz CT molecular complexity index is 981. The molecule has 2 aliphatic heterocycles. The molecule has 1 aliphatic carbocycles. The number of piperazine rings is 1. The fourth-order valence-corrected chi connectivity index (χ4v) is 5.59. The number of hydrogen-bond donors (Lipinski definition) is 0. The van der Waals surface area contributed by atoms with E-state index in [0.29, 0.717) is 12.6 Å². The normalized spacial score (nSPS) is 25.9. The van der Waals surface area contributed by atoms with Gasteiger partial charge in [-0.2, -0.15) is 5.10 Å². The van der Waals surface area contributed by atoms with Crippen molar-refractivity contribution in [2.24, 2.45) is 12.5 Å². The number of carbonyl (C=O) groups excluding carboxylic acids is 1.